The molecule has 0 spiro atoms. The van der Waals surface area contributed by atoms with Gasteiger partial charge in [-0.15, -0.1) is 0 Å². The van der Waals surface area contributed by atoms with Crippen LogP contribution in [0.3, 0.4) is 0 Å². The summed E-state index contributed by atoms with van der Waals surface area (Å²) in [6, 6.07) is 6.96. The van der Waals surface area contributed by atoms with Gasteiger partial charge in [-0.3, -0.25) is 4.72 Å². The fourth-order valence-corrected chi connectivity index (χ4v) is 4.91. The van der Waals surface area contributed by atoms with Crippen LogP contribution in [-0.4, -0.2) is 45.8 Å². The van der Waals surface area contributed by atoms with Crippen molar-refractivity contribution in [2.75, 3.05) is 25.9 Å². The van der Waals surface area contributed by atoms with Gasteiger partial charge >= 0.3 is 0 Å². The number of hydrogen-bond donors (Lipinski definition) is 1. The summed E-state index contributed by atoms with van der Waals surface area (Å²) in [5, 5.41) is -0.180. The first-order valence-corrected chi connectivity index (χ1v) is 10.3. The highest BCUT2D eigenvalue weighted by molar-refractivity contribution is 7.93. The summed E-state index contributed by atoms with van der Waals surface area (Å²) < 4.78 is 34.1. The van der Waals surface area contributed by atoms with Gasteiger partial charge < -0.3 is 9.64 Å². The van der Waals surface area contributed by atoms with E-state index in [2.05, 4.69) is 9.62 Å². The normalized spacial score (nSPS) is 22.9. The molecule has 140 valence electrons. The Morgan fingerprint density at radius 1 is 1.23 bits per heavy atom. The van der Waals surface area contributed by atoms with Gasteiger partial charge in [-0.1, -0.05) is 23.8 Å². The Morgan fingerprint density at radius 3 is 2.54 bits per heavy atom. The van der Waals surface area contributed by atoms with Crippen LogP contribution >= 0.6 is 11.6 Å². The van der Waals surface area contributed by atoms with Gasteiger partial charge in [0, 0.05) is 22.3 Å². The average molecular weight is 395 g/mol. The molecule has 0 radical (unpaired) electrons. The Balaban J connectivity index is 1.92. The van der Waals surface area contributed by atoms with Crippen molar-refractivity contribution in [3.8, 4) is 0 Å². The molecule has 1 aromatic carbocycles. The second-order valence-corrected chi connectivity index (χ2v) is 8.94. The lowest BCUT2D eigenvalue weighted by molar-refractivity contribution is 0.270. The van der Waals surface area contributed by atoms with Crippen molar-refractivity contribution in [1.82, 2.24) is 4.90 Å². The van der Waals surface area contributed by atoms with E-state index in [4.69, 9.17) is 16.3 Å². The SMILES string of the molecule is COC1=C2C[C@@H](N(C)C)CC=C2C(S(=O)(=O)Nc2ccc(Cl)cc2)C=C1. The Bertz CT molecular complexity index is 871. The second-order valence-electron chi connectivity index (χ2n) is 6.70. The maximum atomic E-state index is 13.0. The molecule has 2 aliphatic carbocycles. The smallest absolute Gasteiger partial charge is 0.243 e. The van der Waals surface area contributed by atoms with E-state index in [0.717, 1.165) is 29.7 Å². The number of ether oxygens (including phenoxy) is 1. The summed E-state index contributed by atoms with van der Waals surface area (Å²) in [5.74, 6) is 0.737. The van der Waals surface area contributed by atoms with Crippen molar-refractivity contribution in [3.05, 3.63) is 64.4 Å². The summed E-state index contributed by atoms with van der Waals surface area (Å²) in [6.07, 6.45) is 7.04. The number of rotatable bonds is 5. The molecule has 2 aliphatic rings. The first-order chi connectivity index (χ1) is 12.3. The van der Waals surface area contributed by atoms with Crippen LogP contribution in [0.1, 0.15) is 12.8 Å². The molecule has 0 bridgehead atoms. The maximum Gasteiger partial charge on any atom is 0.243 e. The minimum Gasteiger partial charge on any atom is -0.496 e. The summed E-state index contributed by atoms with van der Waals surface area (Å²) in [5.41, 5.74) is 2.27. The first-order valence-electron chi connectivity index (χ1n) is 8.41. The predicted octanol–water partition coefficient (Wildman–Crippen LogP) is 3.57. The van der Waals surface area contributed by atoms with E-state index in [1.165, 1.54) is 0 Å². The van der Waals surface area contributed by atoms with Gasteiger partial charge in [0.2, 0.25) is 10.0 Å². The third-order valence-electron chi connectivity index (χ3n) is 4.81. The van der Waals surface area contributed by atoms with Gasteiger partial charge in [0.05, 0.1) is 7.11 Å². The van der Waals surface area contributed by atoms with Crippen LogP contribution in [0, 0.1) is 0 Å². The molecule has 0 fully saturated rings. The van der Waals surface area contributed by atoms with Gasteiger partial charge in [0.25, 0.3) is 0 Å². The van der Waals surface area contributed by atoms with Crippen LogP contribution in [0.2, 0.25) is 5.02 Å². The summed E-state index contributed by atoms with van der Waals surface area (Å²) in [7, 11) is 2.04. The van der Waals surface area contributed by atoms with E-state index in [9.17, 15) is 8.42 Å². The Labute approximate surface area is 160 Å². The highest BCUT2D eigenvalue weighted by atomic mass is 35.5. The molecular weight excluding hydrogens is 372 g/mol. The molecule has 5 nitrogen and oxygen atoms in total. The number of anilines is 1. The molecule has 1 unspecified atom stereocenters. The third kappa shape index (κ3) is 3.82. The standard InChI is InChI=1S/C19H23ClN2O3S/c1-22(2)15-8-9-16-17(12-15)18(25-3)10-11-19(16)26(23,24)21-14-6-4-13(20)5-7-14/h4-7,9-11,15,19,21H,8,12H2,1-3H3/t15-,19?/m0/s1. The van der Waals surface area contributed by atoms with E-state index in [1.807, 2.05) is 20.2 Å². The molecule has 7 heteroatoms. The van der Waals surface area contributed by atoms with E-state index in [-0.39, 0.29) is 0 Å². The molecule has 0 saturated heterocycles. The lowest BCUT2D eigenvalue weighted by Crippen LogP contribution is -2.36. The molecule has 1 aromatic rings. The highest BCUT2D eigenvalue weighted by Crippen LogP contribution is 2.38. The quantitative estimate of drug-likeness (QED) is 0.829. The number of allylic oxidation sites excluding steroid dienone is 1. The van der Waals surface area contributed by atoms with Gasteiger partial charge in [0.1, 0.15) is 11.0 Å². The number of nitrogens with zero attached hydrogens (tertiary/aromatic N) is 1. The largest absolute Gasteiger partial charge is 0.496 e. The lowest BCUT2D eigenvalue weighted by atomic mass is 9.84. The van der Waals surface area contributed by atoms with Crippen LogP contribution < -0.4 is 4.72 Å². The maximum absolute atomic E-state index is 13.0. The molecule has 1 N–H and O–H groups in total. The van der Waals surface area contributed by atoms with Gasteiger partial charge in [-0.05, 0) is 62.9 Å². The highest BCUT2D eigenvalue weighted by Gasteiger charge is 2.36. The van der Waals surface area contributed by atoms with Crippen LogP contribution in [0.5, 0.6) is 0 Å². The summed E-state index contributed by atoms with van der Waals surface area (Å²) in [4.78, 5) is 2.15. The lowest BCUT2D eigenvalue weighted by Gasteiger charge is -2.34. The molecule has 26 heavy (non-hydrogen) atoms. The summed E-state index contributed by atoms with van der Waals surface area (Å²) in [6.45, 7) is 0. The predicted molar refractivity (Wildman–Crippen MR) is 106 cm³/mol. The monoisotopic (exact) mass is 394 g/mol. The van der Waals surface area contributed by atoms with Crippen LogP contribution in [0.25, 0.3) is 0 Å². The second kappa shape index (κ2) is 7.47. The molecule has 0 saturated carbocycles. The number of benzene rings is 1. The van der Waals surface area contributed by atoms with Crippen molar-refractivity contribution < 1.29 is 13.2 Å². The van der Waals surface area contributed by atoms with Crippen molar-refractivity contribution in [2.45, 2.75) is 24.1 Å². The number of halogens is 1. The molecular formula is C19H23ClN2O3S. The molecule has 0 aromatic heterocycles. The fraction of sp³-hybridized carbons (Fsp3) is 0.368. The number of fused-ring (bicyclic) bond motifs is 1. The third-order valence-corrected chi connectivity index (χ3v) is 6.67. The van der Waals surface area contributed by atoms with Crippen LogP contribution in [-0.2, 0) is 14.8 Å². The van der Waals surface area contributed by atoms with E-state index >= 15 is 0 Å². The molecule has 0 aliphatic heterocycles. The first kappa shape index (κ1) is 19.0. The molecule has 0 amide bonds. The zero-order valence-corrected chi connectivity index (χ0v) is 16.6. The Morgan fingerprint density at radius 2 is 1.92 bits per heavy atom. The number of methoxy groups -OCH3 is 1. The zero-order chi connectivity index (χ0) is 18.9. The van der Waals surface area contributed by atoms with Gasteiger partial charge in [-0.25, -0.2) is 8.42 Å². The molecule has 0 heterocycles. The van der Waals surface area contributed by atoms with Crippen molar-refractivity contribution in [2.24, 2.45) is 0 Å². The number of hydrogen-bond acceptors (Lipinski definition) is 4. The molecule has 2 atom stereocenters. The average Bonchev–Trinajstić information content (AvgIpc) is 2.61. The van der Waals surface area contributed by atoms with Gasteiger partial charge in [0.15, 0.2) is 0 Å². The summed E-state index contributed by atoms with van der Waals surface area (Å²) >= 11 is 5.87. The zero-order valence-electron chi connectivity index (χ0n) is 15.1. The Hall–Kier alpha value is -1.76. The van der Waals surface area contributed by atoms with Crippen LogP contribution in [0.15, 0.2) is 59.4 Å². The number of sulfonamides is 1. The minimum absolute atomic E-state index is 0.331. The molecule has 3 rings (SSSR count). The van der Waals surface area contributed by atoms with E-state index in [1.54, 1.807) is 43.5 Å². The van der Waals surface area contributed by atoms with E-state index in [0.29, 0.717) is 16.8 Å². The van der Waals surface area contributed by atoms with Crippen molar-refractivity contribution in [1.29, 1.82) is 0 Å². The van der Waals surface area contributed by atoms with Gasteiger partial charge in [-0.2, -0.15) is 0 Å². The van der Waals surface area contributed by atoms with Crippen molar-refractivity contribution in [3.63, 3.8) is 0 Å². The topological polar surface area (TPSA) is 58.6 Å². The minimum atomic E-state index is -3.64. The van der Waals surface area contributed by atoms with Crippen molar-refractivity contribution >= 4 is 27.3 Å². The Kier molecular flexibility index (Phi) is 5.46. The fourth-order valence-electron chi connectivity index (χ4n) is 3.33. The number of nitrogens with one attached hydrogen (secondary N) is 1. The van der Waals surface area contributed by atoms with E-state index < -0.39 is 15.3 Å². The van der Waals surface area contributed by atoms with Crippen LogP contribution in [0.4, 0.5) is 5.69 Å².